The molecule has 0 aliphatic carbocycles. The number of aromatic hydroxyl groups is 6. The van der Waals surface area contributed by atoms with Crippen LogP contribution in [0.3, 0.4) is 0 Å². The quantitative estimate of drug-likeness (QED) is 0.101. The SMILES string of the molecule is Cc1c(B(O)O)c(O)c2c3c(O)c(O)c(O)c(O)c3n(-c3cccc4c3sc3ccccc34)c2c1O. The van der Waals surface area contributed by atoms with Crippen molar-refractivity contribution in [1.82, 2.24) is 4.57 Å². The third-order valence-electron chi connectivity index (χ3n) is 6.66. The summed E-state index contributed by atoms with van der Waals surface area (Å²) in [5.41, 5.74) is -0.303. The molecular formula is C25H18BNO8S. The van der Waals surface area contributed by atoms with E-state index in [1.54, 1.807) is 12.1 Å². The van der Waals surface area contributed by atoms with Crippen LogP contribution in [0, 0.1) is 6.92 Å². The molecule has 11 heteroatoms. The molecule has 2 aromatic heterocycles. The van der Waals surface area contributed by atoms with Crippen LogP contribution in [-0.2, 0) is 0 Å². The Balaban J connectivity index is 1.95. The number of benzene rings is 4. The monoisotopic (exact) mass is 503 g/mol. The molecule has 0 bridgehead atoms. The van der Waals surface area contributed by atoms with Gasteiger partial charge in [-0.05, 0) is 24.6 Å². The molecule has 0 saturated carbocycles. The Kier molecular flexibility index (Phi) is 4.52. The lowest BCUT2D eigenvalue weighted by Gasteiger charge is -2.15. The predicted molar refractivity (Wildman–Crippen MR) is 138 cm³/mol. The average Bonchev–Trinajstić information content (AvgIpc) is 3.41. The van der Waals surface area contributed by atoms with E-state index >= 15 is 0 Å². The Morgan fingerprint density at radius 2 is 1.28 bits per heavy atom. The molecule has 6 aromatic rings. The Morgan fingerprint density at radius 1 is 0.667 bits per heavy atom. The Labute approximate surface area is 206 Å². The third kappa shape index (κ3) is 2.61. The van der Waals surface area contributed by atoms with E-state index in [0.29, 0.717) is 5.69 Å². The van der Waals surface area contributed by atoms with E-state index in [1.807, 2.05) is 30.3 Å². The first kappa shape index (κ1) is 22.2. The maximum absolute atomic E-state index is 11.2. The van der Waals surface area contributed by atoms with Gasteiger partial charge in [0.15, 0.2) is 11.5 Å². The van der Waals surface area contributed by atoms with Crippen molar-refractivity contribution >= 4 is 65.9 Å². The first-order valence-electron chi connectivity index (χ1n) is 10.8. The lowest BCUT2D eigenvalue weighted by Crippen LogP contribution is -2.32. The second kappa shape index (κ2) is 7.34. The summed E-state index contributed by atoms with van der Waals surface area (Å²) < 4.78 is 3.08. The number of phenols is 6. The maximum Gasteiger partial charge on any atom is 0.492 e. The van der Waals surface area contributed by atoms with Gasteiger partial charge in [-0.3, -0.25) is 0 Å². The minimum atomic E-state index is -2.17. The summed E-state index contributed by atoms with van der Waals surface area (Å²) in [6.45, 7) is 1.37. The summed E-state index contributed by atoms with van der Waals surface area (Å²) in [5, 5.41) is 85.8. The van der Waals surface area contributed by atoms with Crippen LogP contribution in [0.15, 0.2) is 42.5 Å². The molecule has 0 atom stereocenters. The molecule has 36 heavy (non-hydrogen) atoms. The number of hydrogen-bond donors (Lipinski definition) is 8. The van der Waals surface area contributed by atoms with E-state index in [-0.39, 0.29) is 27.4 Å². The number of rotatable bonds is 2. The molecule has 180 valence electrons. The van der Waals surface area contributed by atoms with Crippen LogP contribution in [0.1, 0.15) is 5.56 Å². The Hall–Kier alpha value is -4.32. The number of hydrogen-bond acceptors (Lipinski definition) is 9. The summed E-state index contributed by atoms with van der Waals surface area (Å²) in [5.74, 6) is -4.85. The molecule has 0 saturated heterocycles. The van der Waals surface area contributed by atoms with Gasteiger partial charge < -0.3 is 45.3 Å². The van der Waals surface area contributed by atoms with Gasteiger partial charge in [-0.2, -0.15) is 0 Å². The van der Waals surface area contributed by atoms with Crippen LogP contribution in [0.25, 0.3) is 47.7 Å². The van der Waals surface area contributed by atoms with E-state index in [4.69, 9.17) is 0 Å². The maximum atomic E-state index is 11.2. The van der Waals surface area contributed by atoms with Crippen molar-refractivity contribution in [1.29, 1.82) is 0 Å². The highest BCUT2D eigenvalue weighted by molar-refractivity contribution is 7.26. The summed E-state index contributed by atoms with van der Waals surface area (Å²) in [6.07, 6.45) is 0. The standard InChI is InChI=1S/C25H18BNO8S/c1-9-16(26(34)35)20(29)14-15-18(22(31)24(33)23(32)21(15)30)27(17(14)19(9)28)12-7-4-6-11-10-5-2-3-8-13(10)36-25(11)12/h2-8,28-35H,1H3. The van der Waals surface area contributed by atoms with Crippen LogP contribution >= 0.6 is 11.3 Å². The summed E-state index contributed by atoms with van der Waals surface area (Å²) >= 11 is 1.44. The van der Waals surface area contributed by atoms with Crippen LogP contribution in [0.4, 0.5) is 0 Å². The minimum absolute atomic E-state index is 0.0463. The van der Waals surface area contributed by atoms with Gasteiger partial charge in [-0.1, -0.05) is 30.3 Å². The second-order valence-corrected chi connectivity index (χ2v) is 9.59. The highest BCUT2D eigenvalue weighted by Crippen LogP contribution is 2.55. The van der Waals surface area contributed by atoms with Gasteiger partial charge in [0, 0.05) is 20.9 Å². The molecule has 0 aliphatic heterocycles. The first-order chi connectivity index (χ1) is 17.1. The largest absolute Gasteiger partial charge is 0.508 e. The van der Waals surface area contributed by atoms with E-state index in [9.17, 15) is 40.7 Å². The first-order valence-corrected chi connectivity index (χ1v) is 11.6. The van der Waals surface area contributed by atoms with Gasteiger partial charge in [-0.15, -0.1) is 11.3 Å². The minimum Gasteiger partial charge on any atom is -0.508 e. The van der Waals surface area contributed by atoms with Gasteiger partial charge >= 0.3 is 7.12 Å². The molecule has 0 radical (unpaired) electrons. The van der Waals surface area contributed by atoms with Gasteiger partial charge in [0.1, 0.15) is 22.5 Å². The van der Waals surface area contributed by atoms with Gasteiger partial charge in [0.2, 0.25) is 11.5 Å². The molecule has 0 amide bonds. The second-order valence-electron chi connectivity index (χ2n) is 8.54. The molecule has 0 spiro atoms. The number of thiophene rings is 1. The zero-order valence-electron chi connectivity index (χ0n) is 18.6. The van der Waals surface area contributed by atoms with Gasteiger partial charge in [-0.25, -0.2) is 0 Å². The van der Waals surface area contributed by atoms with Crippen LogP contribution < -0.4 is 5.46 Å². The molecule has 9 nitrogen and oxygen atoms in total. The van der Waals surface area contributed by atoms with Crippen LogP contribution in [-0.4, -0.2) is 52.4 Å². The van der Waals surface area contributed by atoms with E-state index in [0.717, 1.165) is 20.2 Å². The van der Waals surface area contributed by atoms with Crippen LogP contribution in [0.5, 0.6) is 34.5 Å². The number of phenolic OH excluding ortho intramolecular Hbond substituents is 6. The highest BCUT2D eigenvalue weighted by atomic mass is 32.1. The van der Waals surface area contributed by atoms with Gasteiger partial charge in [0.05, 0.1) is 21.2 Å². The molecular weight excluding hydrogens is 485 g/mol. The molecule has 0 aliphatic rings. The molecule has 8 N–H and O–H groups in total. The van der Waals surface area contributed by atoms with Crippen molar-refractivity contribution in [3.05, 3.63) is 48.0 Å². The van der Waals surface area contributed by atoms with Crippen molar-refractivity contribution in [3.8, 4) is 40.2 Å². The number of nitrogens with zero attached hydrogens (tertiary/aromatic N) is 1. The fourth-order valence-electron chi connectivity index (χ4n) is 5.02. The van der Waals surface area contributed by atoms with Crippen molar-refractivity contribution in [2.24, 2.45) is 0 Å². The predicted octanol–water partition coefficient (Wildman–Crippen LogP) is 3.37. The molecule has 0 fully saturated rings. The zero-order chi connectivity index (χ0) is 25.6. The Bertz CT molecular complexity index is 1910. The number of fused-ring (bicyclic) bond motifs is 6. The Morgan fingerprint density at radius 3 is 2.00 bits per heavy atom. The van der Waals surface area contributed by atoms with E-state index in [2.05, 4.69) is 0 Å². The average molecular weight is 503 g/mol. The molecule has 6 rings (SSSR count). The van der Waals surface area contributed by atoms with E-state index < -0.39 is 47.1 Å². The van der Waals surface area contributed by atoms with Crippen molar-refractivity contribution in [3.63, 3.8) is 0 Å². The lowest BCUT2D eigenvalue weighted by atomic mass is 9.75. The van der Waals surface area contributed by atoms with Crippen LogP contribution in [0.2, 0.25) is 0 Å². The molecule has 0 unspecified atom stereocenters. The van der Waals surface area contributed by atoms with Crippen molar-refractivity contribution in [2.75, 3.05) is 0 Å². The zero-order valence-corrected chi connectivity index (χ0v) is 19.4. The van der Waals surface area contributed by atoms with Gasteiger partial charge in [0.25, 0.3) is 0 Å². The fourth-order valence-corrected chi connectivity index (χ4v) is 6.23. The highest BCUT2D eigenvalue weighted by Gasteiger charge is 2.33. The molecule has 2 heterocycles. The lowest BCUT2D eigenvalue weighted by molar-refractivity contribution is 0.350. The van der Waals surface area contributed by atoms with Crippen molar-refractivity contribution in [2.45, 2.75) is 6.92 Å². The fraction of sp³-hybridized carbons (Fsp3) is 0.0400. The summed E-state index contributed by atoms with van der Waals surface area (Å²) in [7, 11) is -2.17. The number of aromatic nitrogens is 1. The summed E-state index contributed by atoms with van der Waals surface area (Å²) in [6, 6.07) is 13.1. The summed E-state index contributed by atoms with van der Waals surface area (Å²) in [4.78, 5) is 0. The van der Waals surface area contributed by atoms with Crippen molar-refractivity contribution < 1.29 is 40.7 Å². The van der Waals surface area contributed by atoms with E-state index in [1.165, 1.54) is 22.8 Å². The third-order valence-corrected chi connectivity index (χ3v) is 7.87. The molecule has 4 aromatic carbocycles. The smallest absolute Gasteiger partial charge is 0.492 e. The topological polar surface area (TPSA) is 167 Å². The normalized spacial score (nSPS) is 11.9.